The van der Waals surface area contributed by atoms with E-state index in [4.69, 9.17) is 10.5 Å². The molecule has 0 aromatic carbocycles. The van der Waals surface area contributed by atoms with Gasteiger partial charge in [0.1, 0.15) is 0 Å². The normalized spacial score (nSPS) is 12.3. The Morgan fingerprint density at radius 1 is 1.00 bits per heavy atom. The van der Waals surface area contributed by atoms with Crippen LogP contribution >= 0.6 is 0 Å². The second kappa shape index (κ2) is 16.3. The molecule has 0 radical (unpaired) electrons. The van der Waals surface area contributed by atoms with Gasteiger partial charge in [-0.1, -0.05) is 32.6 Å². The molecular formula is C17H35NO2Se. The molecule has 1 unspecified atom stereocenters. The Labute approximate surface area is 137 Å². The fourth-order valence-corrected chi connectivity index (χ4v) is 3.26. The Morgan fingerprint density at radius 3 is 2.05 bits per heavy atom. The van der Waals surface area contributed by atoms with E-state index in [0.29, 0.717) is 21.6 Å². The summed E-state index contributed by atoms with van der Waals surface area (Å²) < 4.78 is 5.22. The van der Waals surface area contributed by atoms with Crippen molar-refractivity contribution in [3.05, 3.63) is 0 Å². The van der Waals surface area contributed by atoms with Crippen LogP contribution in [0.4, 0.5) is 0 Å². The van der Waals surface area contributed by atoms with E-state index in [1.165, 1.54) is 51.4 Å². The maximum absolute atomic E-state index is 11.6. The summed E-state index contributed by atoms with van der Waals surface area (Å²) in [6.07, 6.45) is 13.7. The Balaban J connectivity index is 3.23. The second-order valence-corrected chi connectivity index (χ2v) is 7.81. The summed E-state index contributed by atoms with van der Waals surface area (Å²) >= 11 is 0.592. The molecule has 1 atom stereocenters. The van der Waals surface area contributed by atoms with Crippen molar-refractivity contribution in [2.45, 2.75) is 94.7 Å². The zero-order valence-corrected chi connectivity index (χ0v) is 15.8. The number of hydrogen-bond donors (Lipinski definition) is 1. The first-order valence-electron chi connectivity index (χ1n) is 8.63. The van der Waals surface area contributed by atoms with E-state index in [1.54, 1.807) is 0 Å². The average Bonchev–Trinajstić information content (AvgIpc) is 2.49. The molecule has 0 aromatic rings. The van der Waals surface area contributed by atoms with Crippen LogP contribution < -0.4 is 5.73 Å². The third-order valence-corrected chi connectivity index (χ3v) is 5.03. The third kappa shape index (κ3) is 14.6. The third-order valence-electron chi connectivity index (χ3n) is 3.68. The summed E-state index contributed by atoms with van der Waals surface area (Å²) in [6.45, 7) is 2.80. The molecule has 0 saturated heterocycles. The summed E-state index contributed by atoms with van der Waals surface area (Å²) in [5.41, 5.74) is 5.77. The van der Waals surface area contributed by atoms with E-state index in [9.17, 15) is 4.79 Å². The fraction of sp³-hybridized carbons (Fsp3) is 0.941. The number of carbonyl (C=O) groups is 1. The average molecular weight is 364 g/mol. The molecule has 0 bridgehead atoms. The van der Waals surface area contributed by atoms with Crippen LogP contribution in [0, 0.1) is 0 Å². The molecule has 0 fully saturated rings. The Kier molecular flexibility index (Phi) is 16.3. The second-order valence-electron chi connectivity index (χ2n) is 5.74. The summed E-state index contributed by atoms with van der Waals surface area (Å²) in [5, 5.41) is 1.06. The van der Waals surface area contributed by atoms with Gasteiger partial charge in [-0.05, 0) is 0 Å². The van der Waals surface area contributed by atoms with Crippen LogP contribution in [-0.2, 0) is 9.53 Å². The monoisotopic (exact) mass is 365 g/mol. The maximum atomic E-state index is 11.6. The number of carbonyl (C=O) groups excluding carboxylic acids is 1. The molecule has 126 valence electrons. The summed E-state index contributed by atoms with van der Waals surface area (Å²) in [6, 6.07) is -0.407. The minimum absolute atomic E-state index is 0.213. The van der Waals surface area contributed by atoms with Gasteiger partial charge >= 0.3 is 105 Å². The molecule has 0 amide bonds. The van der Waals surface area contributed by atoms with E-state index < -0.39 is 6.04 Å². The predicted molar refractivity (Wildman–Crippen MR) is 91.8 cm³/mol. The zero-order valence-electron chi connectivity index (χ0n) is 14.1. The van der Waals surface area contributed by atoms with E-state index >= 15 is 0 Å². The number of nitrogens with two attached hydrogens (primary N) is 1. The fourth-order valence-electron chi connectivity index (χ4n) is 2.23. The molecule has 0 spiro atoms. The van der Waals surface area contributed by atoms with E-state index in [2.05, 4.69) is 12.7 Å². The van der Waals surface area contributed by atoms with Crippen molar-refractivity contribution in [3.63, 3.8) is 0 Å². The quantitative estimate of drug-likeness (QED) is 0.267. The number of ether oxygens (including phenoxy) is 1. The van der Waals surface area contributed by atoms with Crippen molar-refractivity contribution in [2.24, 2.45) is 5.73 Å². The Hall–Kier alpha value is -0.0505. The molecule has 0 aliphatic heterocycles. The topological polar surface area (TPSA) is 52.3 Å². The van der Waals surface area contributed by atoms with E-state index in [0.717, 1.165) is 24.6 Å². The molecular weight excluding hydrogens is 329 g/mol. The predicted octanol–water partition coefficient (Wildman–Crippen LogP) is 4.34. The van der Waals surface area contributed by atoms with Crippen molar-refractivity contribution >= 4 is 20.9 Å². The molecule has 0 aliphatic rings. The number of esters is 1. The summed E-state index contributed by atoms with van der Waals surface area (Å²) in [4.78, 5) is 11.6. The Morgan fingerprint density at radius 2 is 1.52 bits per heavy atom. The van der Waals surface area contributed by atoms with Crippen molar-refractivity contribution in [1.29, 1.82) is 0 Å². The molecule has 2 N–H and O–H groups in total. The molecule has 0 aliphatic carbocycles. The van der Waals surface area contributed by atoms with Crippen LogP contribution in [0.1, 0.15) is 77.6 Å². The van der Waals surface area contributed by atoms with Crippen molar-refractivity contribution < 1.29 is 9.53 Å². The van der Waals surface area contributed by atoms with E-state index in [-0.39, 0.29) is 5.97 Å². The van der Waals surface area contributed by atoms with Gasteiger partial charge in [-0.25, -0.2) is 0 Å². The van der Waals surface area contributed by atoms with Crippen molar-refractivity contribution in [2.75, 3.05) is 6.61 Å². The molecule has 0 aromatic heterocycles. The van der Waals surface area contributed by atoms with Crippen LogP contribution in [0.3, 0.4) is 0 Å². The molecule has 0 heterocycles. The molecule has 0 saturated carbocycles. The van der Waals surface area contributed by atoms with Crippen LogP contribution in [0.5, 0.6) is 0 Å². The molecule has 0 rings (SSSR count). The van der Waals surface area contributed by atoms with Gasteiger partial charge in [0.25, 0.3) is 0 Å². The van der Waals surface area contributed by atoms with Crippen LogP contribution in [0.15, 0.2) is 0 Å². The number of unbranched alkanes of at least 4 members (excludes halogenated alkanes) is 9. The Bertz CT molecular complexity index is 237. The van der Waals surface area contributed by atoms with Gasteiger partial charge < -0.3 is 0 Å². The first-order valence-corrected chi connectivity index (χ1v) is 11.6. The van der Waals surface area contributed by atoms with Crippen LogP contribution in [-0.4, -0.2) is 33.6 Å². The van der Waals surface area contributed by atoms with Gasteiger partial charge in [-0.15, -0.1) is 0 Å². The summed E-state index contributed by atoms with van der Waals surface area (Å²) in [5.74, 6) is 1.95. The first kappa shape index (κ1) is 20.9. The number of hydrogen-bond acceptors (Lipinski definition) is 3. The first-order chi connectivity index (χ1) is 10.2. The van der Waals surface area contributed by atoms with Gasteiger partial charge in [0.15, 0.2) is 0 Å². The van der Waals surface area contributed by atoms with E-state index in [1.807, 2.05) is 0 Å². The van der Waals surface area contributed by atoms with Gasteiger partial charge in [-0.3, -0.25) is 0 Å². The van der Waals surface area contributed by atoms with Gasteiger partial charge in [-0.2, -0.15) is 0 Å². The van der Waals surface area contributed by atoms with Gasteiger partial charge in [0.05, 0.1) is 0 Å². The van der Waals surface area contributed by atoms with Crippen LogP contribution in [0.2, 0.25) is 11.1 Å². The zero-order chi connectivity index (χ0) is 15.8. The van der Waals surface area contributed by atoms with Crippen LogP contribution in [0.25, 0.3) is 0 Å². The number of rotatable bonds is 15. The van der Waals surface area contributed by atoms with Gasteiger partial charge in [0.2, 0.25) is 0 Å². The van der Waals surface area contributed by atoms with Crippen molar-refractivity contribution in [1.82, 2.24) is 0 Å². The molecule has 21 heavy (non-hydrogen) atoms. The summed E-state index contributed by atoms with van der Waals surface area (Å²) in [7, 11) is 0. The minimum atomic E-state index is -0.407. The molecule has 4 heteroatoms. The molecule has 3 nitrogen and oxygen atoms in total. The standard InChI is InChI=1S/C17H35NO2Se/c1-3-4-5-6-7-8-9-10-11-12-14-20-17(19)16(18)13-15-21-2/h16H,3-15,18H2,1-2H3. The van der Waals surface area contributed by atoms with Crippen molar-refractivity contribution in [3.8, 4) is 0 Å². The SMILES string of the molecule is CCCCCCCCCCCCOC(=O)C(N)CC[Se]C. The van der Waals surface area contributed by atoms with Gasteiger partial charge in [0, 0.05) is 0 Å².